The number of hydrogen-bond donors (Lipinski definition) is 1. The molecule has 0 saturated heterocycles. The van der Waals surface area contributed by atoms with Gasteiger partial charge in [0.2, 0.25) is 0 Å². The van der Waals surface area contributed by atoms with Gasteiger partial charge in [-0.05, 0) is 154 Å². The molecule has 2 heterocycles. The summed E-state index contributed by atoms with van der Waals surface area (Å²) in [6.45, 7) is 21.7. The first-order valence-electron chi connectivity index (χ1n) is 27.0. The van der Waals surface area contributed by atoms with E-state index in [-0.39, 0.29) is 48.6 Å². The van der Waals surface area contributed by atoms with Crippen molar-refractivity contribution in [2.24, 2.45) is 0 Å². The molecule has 0 unspecified atom stereocenters. The quantitative estimate of drug-likeness (QED) is 0.117. The molecule has 0 atom stereocenters. The van der Waals surface area contributed by atoms with Gasteiger partial charge in [-0.2, -0.15) is 0 Å². The van der Waals surface area contributed by atoms with Crippen molar-refractivity contribution in [3.63, 3.8) is 0 Å². The van der Waals surface area contributed by atoms with Gasteiger partial charge in [-0.25, -0.2) is 4.98 Å². The minimum Gasteiger partial charge on any atom is -0.507 e. The van der Waals surface area contributed by atoms with E-state index in [2.05, 4.69) is 165 Å². The smallest absolute Gasteiger partial charge is 0.148 e. The van der Waals surface area contributed by atoms with E-state index in [1.165, 1.54) is 16.7 Å². The van der Waals surface area contributed by atoms with Crippen molar-refractivity contribution in [3.05, 3.63) is 191 Å². The molecule has 0 bridgehead atoms. The topological polar surface area (TPSA) is 50.9 Å². The molecule has 0 aliphatic heterocycles. The molecule has 0 fully saturated rings. The average molecular weight is 1130 g/mol. The number of para-hydroxylation sites is 1. The summed E-state index contributed by atoms with van der Waals surface area (Å²) >= 11 is 0. The molecule has 0 aliphatic carbocycles. The van der Waals surface area contributed by atoms with E-state index in [0.29, 0.717) is 33.7 Å². The number of hydrogen-bond acceptors (Lipinski definition) is 3. The summed E-state index contributed by atoms with van der Waals surface area (Å²) in [7, 11) is 0. The maximum atomic E-state index is 12.0. The number of aromatic nitrogens is 3. The molecule has 1 N–H and O–H groups in total. The first kappa shape index (κ1) is 47.9. The van der Waals surface area contributed by atoms with Gasteiger partial charge in [0.25, 0.3) is 0 Å². The molecule has 0 radical (unpaired) electrons. The standard InChI is InChI=1S/C67H70N3O.Pt/c1-13-66(11,14-2)56-25-21-26-57(67(12,15-3)16-4)61(56)50-32-33-59(44(6)38-50)70-60-27-20-24-54(62(60)69-64(70)55-37-43(5)36-45(7)63(55)71)51-39-52(41-53(40-51)65(8,9)10)58-42-49(34-35-68-58)48-30-28-47(29-31-48)46-22-18-17-19-23-46;/h17-38,40-42,71H,13-16H2,1-12H3;/q-1;/i6D3;. The maximum absolute atomic E-state index is 12.0. The van der Waals surface area contributed by atoms with Crippen LogP contribution in [-0.2, 0) is 37.3 Å². The molecule has 2 aromatic heterocycles. The molecule has 72 heavy (non-hydrogen) atoms. The van der Waals surface area contributed by atoms with Crippen molar-refractivity contribution in [2.75, 3.05) is 0 Å². The second-order valence-electron chi connectivity index (χ2n) is 21.2. The number of imidazole rings is 1. The fourth-order valence-corrected chi connectivity index (χ4v) is 10.4. The first-order chi connectivity index (χ1) is 35.2. The summed E-state index contributed by atoms with van der Waals surface area (Å²) in [5, 5.41) is 12.0. The van der Waals surface area contributed by atoms with Crippen molar-refractivity contribution in [1.82, 2.24) is 14.5 Å². The first-order valence-corrected chi connectivity index (χ1v) is 25.5. The molecular weight excluding hydrogens is 1060 g/mol. The Balaban J connectivity index is 0.00000747. The Morgan fingerprint density at radius 3 is 1.81 bits per heavy atom. The van der Waals surface area contributed by atoms with Gasteiger partial charge in [-0.15, -0.1) is 29.3 Å². The largest absolute Gasteiger partial charge is 0.507 e. The normalized spacial score (nSPS) is 12.8. The van der Waals surface area contributed by atoms with Gasteiger partial charge in [0.05, 0.1) is 22.3 Å². The summed E-state index contributed by atoms with van der Waals surface area (Å²) in [6, 6.07) is 54.0. The Morgan fingerprint density at radius 2 is 1.18 bits per heavy atom. The van der Waals surface area contributed by atoms with Gasteiger partial charge in [0, 0.05) is 37.1 Å². The number of phenols is 1. The Morgan fingerprint density at radius 1 is 0.583 bits per heavy atom. The van der Waals surface area contributed by atoms with E-state index in [1.54, 1.807) is 0 Å². The third kappa shape index (κ3) is 9.68. The zero-order valence-corrected chi connectivity index (χ0v) is 46.1. The predicted molar refractivity (Wildman–Crippen MR) is 301 cm³/mol. The molecule has 4 nitrogen and oxygen atoms in total. The second kappa shape index (κ2) is 20.6. The number of aromatic hydroxyl groups is 1. The molecule has 9 aromatic rings. The van der Waals surface area contributed by atoms with Gasteiger partial charge in [-0.3, -0.25) is 9.55 Å². The zero-order chi connectivity index (χ0) is 52.9. The molecule has 0 spiro atoms. The Bertz CT molecular complexity index is 3490. The minimum atomic E-state index is -2.52. The van der Waals surface area contributed by atoms with Crippen LogP contribution in [0.2, 0.25) is 0 Å². The van der Waals surface area contributed by atoms with Crippen LogP contribution in [0.15, 0.2) is 152 Å². The van der Waals surface area contributed by atoms with E-state index < -0.39 is 6.85 Å². The van der Waals surface area contributed by atoms with Crippen molar-refractivity contribution >= 4 is 11.0 Å². The maximum Gasteiger partial charge on any atom is 0.148 e. The van der Waals surface area contributed by atoms with Crippen LogP contribution in [0.4, 0.5) is 0 Å². The summed E-state index contributed by atoms with van der Waals surface area (Å²) < 4.78 is 29.8. The fraction of sp³-hybridized carbons (Fsp3) is 0.284. The third-order valence-electron chi connectivity index (χ3n) is 15.8. The Hall–Kier alpha value is -6.35. The predicted octanol–water partition coefficient (Wildman–Crippen LogP) is 18.3. The van der Waals surface area contributed by atoms with Crippen LogP contribution in [0.3, 0.4) is 0 Å². The van der Waals surface area contributed by atoms with Crippen LogP contribution in [-0.4, -0.2) is 19.6 Å². The van der Waals surface area contributed by atoms with Crippen LogP contribution in [0.1, 0.15) is 125 Å². The number of nitrogens with zero attached hydrogens (tertiary/aromatic N) is 3. The number of pyridine rings is 1. The SMILES string of the molecule is [2H]C([2H])([2H])c1cc(-c2c(C(C)(CC)CC)cccc2C(C)(CC)CC)ccc1-n1c(-c2cc(C)cc(C)c2O)nc2c(-c3[c-]c(-c4cc(-c5ccc(-c6ccccc6)cc5)ccn4)cc(C(C)(C)C)c3)cccc21.[Pt]. The molecule has 0 aliphatic rings. The molecule has 9 rings (SSSR count). The molecule has 370 valence electrons. The summed E-state index contributed by atoms with van der Waals surface area (Å²) in [4.78, 5) is 10.4. The van der Waals surface area contributed by atoms with Crippen molar-refractivity contribution in [3.8, 4) is 78.6 Å². The van der Waals surface area contributed by atoms with E-state index in [1.807, 2.05) is 73.1 Å². The van der Waals surface area contributed by atoms with E-state index >= 15 is 0 Å². The van der Waals surface area contributed by atoms with Gasteiger partial charge >= 0.3 is 0 Å². The third-order valence-corrected chi connectivity index (χ3v) is 15.8. The van der Waals surface area contributed by atoms with Crippen molar-refractivity contribution in [1.29, 1.82) is 0 Å². The Labute approximate surface area is 448 Å². The van der Waals surface area contributed by atoms with Gasteiger partial charge in [-0.1, -0.05) is 177 Å². The second-order valence-corrected chi connectivity index (χ2v) is 21.2. The van der Waals surface area contributed by atoms with Gasteiger partial charge in [0.15, 0.2) is 0 Å². The van der Waals surface area contributed by atoms with E-state index in [0.717, 1.165) is 87.0 Å². The molecule has 0 amide bonds. The van der Waals surface area contributed by atoms with Crippen LogP contribution in [0.25, 0.3) is 83.9 Å². The average Bonchev–Trinajstić information content (AvgIpc) is 3.80. The number of phenolic OH excluding ortho intramolecular Hbond substituents is 1. The number of rotatable bonds is 13. The molecule has 0 saturated carbocycles. The van der Waals surface area contributed by atoms with Crippen LogP contribution in [0, 0.1) is 26.8 Å². The van der Waals surface area contributed by atoms with E-state index in [9.17, 15) is 9.22 Å². The van der Waals surface area contributed by atoms with Gasteiger partial charge in [0.1, 0.15) is 11.6 Å². The number of aryl methyl sites for hydroxylation is 3. The fourth-order valence-electron chi connectivity index (χ4n) is 10.4. The van der Waals surface area contributed by atoms with Crippen LogP contribution >= 0.6 is 0 Å². The molecule has 7 aromatic carbocycles. The Kier molecular flexibility index (Phi) is 13.7. The molecular formula is C67H70N3OPt-. The zero-order valence-electron chi connectivity index (χ0n) is 46.9. The summed E-state index contributed by atoms with van der Waals surface area (Å²) in [6.07, 6.45) is 5.63. The van der Waals surface area contributed by atoms with Crippen LogP contribution < -0.4 is 0 Å². The summed E-state index contributed by atoms with van der Waals surface area (Å²) in [5.74, 6) is 0.547. The molecule has 5 heteroatoms. The van der Waals surface area contributed by atoms with Crippen LogP contribution in [0.5, 0.6) is 5.75 Å². The van der Waals surface area contributed by atoms with Gasteiger partial charge < -0.3 is 5.11 Å². The van der Waals surface area contributed by atoms with E-state index in [4.69, 9.17) is 9.97 Å². The summed E-state index contributed by atoms with van der Waals surface area (Å²) in [5.41, 5.74) is 17.1. The minimum absolute atomic E-state index is 0. The number of fused-ring (bicyclic) bond motifs is 1. The number of benzene rings is 7. The van der Waals surface area contributed by atoms with Crippen molar-refractivity contribution < 1.29 is 30.3 Å². The van der Waals surface area contributed by atoms with Crippen molar-refractivity contribution in [2.45, 2.75) is 125 Å². The monoisotopic (exact) mass is 1130 g/mol.